The fraction of sp³-hybridized carbons (Fsp3) is 0.211. The van der Waals surface area contributed by atoms with Gasteiger partial charge in [0.1, 0.15) is 11.0 Å². The molecular formula is C19H21NOS. The maximum absolute atomic E-state index is 12.3. The molecule has 3 heteroatoms. The number of rotatable bonds is 4. The van der Waals surface area contributed by atoms with E-state index >= 15 is 0 Å². The number of hydrogen-bond donors (Lipinski definition) is 0. The van der Waals surface area contributed by atoms with E-state index in [2.05, 4.69) is 4.40 Å². The first-order valence-electron chi connectivity index (χ1n) is 7.26. The molecule has 0 spiro atoms. The molecule has 0 aromatic heterocycles. The molecule has 0 fully saturated rings. The summed E-state index contributed by atoms with van der Waals surface area (Å²) in [5.74, 6) is 0. The summed E-state index contributed by atoms with van der Waals surface area (Å²) in [5, 5.41) is 0. The summed E-state index contributed by atoms with van der Waals surface area (Å²) in [6, 6.07) is 19.9. The first kappa shape index (κ1) is 16.4. The van der Waals surface area contributed by atoms with Crippen LogP contribution in [0.2, 0.25) is 0 Å². The number of hydrogen-bond acceptors (Lipinski definition) is 1. The van der Waals surface area contributed by atoms with Gasteiger partial charge in [-0.2, -0.15) is 4.40 Å². The van der Waals surface area contributed by atoms with Crippen LogP contribution in [-0.4, -0.2) is 14.7 Å². The van der Waals surface area contributed by atoms with E-state index in [9.17, 15) is 4.21 Å². The minimum absolute atomic E-state index is 0.374. The van der Waals surface area contributed by atoms with Crippen molar-refractivity contribution < 1.29 is 4.21 Å². The Bertz CT molecular complexity index is 682. The van der Waals surface area contributed by atoms with E-state index in [-0.39, 0.29) is 4.75 Å². The Morgan fingerprint density at radius 2 is 1.50 bits per heavy atom. The largest absolute Gasteiger partial charge is 0.234 e. The second kappa shape index (κ2) is 7.32. The zero-order chi connectivity index (χ0) is 16.0. The van der Waals surface area contributed by atoms with E-state index in [1.165, 1.54) is 0 Å². The molecule has 0 radical (unpaired) electrons. The van der Waals surface area contributed by atoms with Crippen molar-refractivity contribution in [2.24, 2.45) is 4.40 Å². The molecule has 0 aliphatic rings. The van der Waals surface area contributed by atoms with Gasteiger partial charge in [0.05, 0.1) is 10.5 Å². The fourth-order valence-corrected chi connectivity index (χ4v) is 2.37. The van der Waals surface area contributed by atoms with Crippen LogP contribution >= 0.6 is 0 Å². The monoisotopic (exact) mass is 311 g/mol. The summed E-state index contributed by atoms with van der Waals surface area (Å²) in [5.41, 5.74) is 2.79. The Balaban J connectivity index is 2.37. The average molecular weight is 311 g/mol. The minimum Gasteiger partial charge on any atom is -0.234 e. The molecule has 0 saturated heterocycles. The zero-order valence-electron chi connectivity index (χ0n) is 13.2. The lowest BCUT2D eigenvalue weighted by molar-refractivity contribution is 0.650. The molecule has 1 unspecified atom stereocenters. The third-order valence-corrected chi connectivity index (χ3v) is 4.42. The van der Waals surface area contributed by atoms with Crippen molar-refractivity contribution in [1.29, 1.82) is 0 Å². The van der Waals surface area contributed by atoms with Crippen molar-refractivity contribution in [3.63, 3.8) is 0 Å². The SMILES string of the molecule is CC(C)(C)S(=O)N=C(/C=C/c1ccccc1)c1ccccc1. The summed E-state index contributed by atoms with van der Waals surface area (Å²) in [7, 11) is -1.29. The van der Waals surface area contributed by atoms with Crippen molar-refractivity contribution in [2.75, 3.05) is 0 Å². The van der Waals surface area contributed by atoms with Gasteiger partial charge in [-0.1, -0.05) is 66.7 Å². The molecule has 2 aromatic carbocycles. The second-order valence-electron chi connectivity index (χ2n) is 5.95. The zero-order valence-corrected chi connectivity index (χ0v) is 14.0. The number of nitrogens with zero attached hydrogens (tertiary/aromatic N) is 1. The maximum Gasteiger partial charge on any atom is 0.145 e. The molecule has 0 heterocycles. The lowest BCUT2D eigenvalue weighted by Crippen LogP contribution is -2.20. The van der Waals surface area contributed by atoms with E-state index in [1.807, 2.05) is 93.6 Å². The third-order valence-electron chi connectivity index (χ3n) is 3.01. The maximum atomic E-state index is 12.3. The highest BCUT2D eigenvalue weighted by molar-refractivity contribution is 7.85. The van der Waals surface area contributed by atoms with Crippen LogP contribution < -0.4 is 0 Å². The molecule has 0 aliphatic heterocycles. The topological polar surface area (TPSA) is 29.4 Å². The van der Waals surface area contributed by atoms with Gasteiger partial charge >= 0.3 is 0 Å². The van der Waals surface area contributed by atoms with Crippen LogP contribution in [0.1, 0.15) is 31.9 Å². The van der Waals surface area contributed by atoms with Gasteiger partial charge in [-0.05, 0) is 32.4 Å². The summed E-state index contributed by atoms with van der Waals surface area (Å²) >= 11 is 0. The third kappa shape index (κ3) is 4.78. The van der Waals surface area contributed by atoms with Crippen LogP contribution in [0.25, 0.3) is 6.08 Å². The molecule has 0 amide bonds. The van der Waals surface area contributed by atoms with E-state index in [0.717, 1.165) is 16.8 Å². The van der Waals surface area contributed by atoms with Gasteiger partial charge in [0.15, 0.2) is 0 Å². The van der Waals surface area contributed by atoms with Crippen LogP contribution in [0.3, 0.4) is 0 Å². The normalized spacial score (nSPS) is 14.2. The quantitative estimate of drug-likeness (QED) is 0.756. The van der Waals surface area contributed by atoms with Crippen molar-refractivity contribution in [1.82, 2.24) is 0 Å². The molecule has 1 atom stereocenters. The molecular weight excluding hydrogens is 290 g/mol. The number of allylic oxidation sites excluding steroid dienone is 1. The molecule has 0 aliphatic carbocycles. The van der Waals surface area contributed by atoms with E-state index in [4.69, 9.17) is 0 Å². The Labute approximate surface area is 135 Å². The molecule has 2 nitrogen and oxygen atoms in total. The van der Waals surface area contributed by atoms with Gasteiger partial charge in [0, 0.05) is 5.56 Å². The molecule has 2 rings (SSSR count). The van der Waals surface area contributed by atoms with Gasteiger partial charge in [-0.25, -0.2) is 4.21 Å². The average Bonchev–Trinajstić information content (AvgIpc) is 2.52. The Morgan fingerprint density at radius 1 is 0.955 bits per heavy atom. The summed E-state index contributed by atoms with van der Waals surface area (Å²) in [6.07, 6.45) is 3.92. The number of benzene rings is 2. The standard InChI is InChI=1S/C19H21NOS/c1-19(2,3)22(21)20-18(17-12-8-5-9-13-17)15-14-16-10-6-4-7-11-16/h4-15H,1-3H3/b15-14+,20-18?. The summed E-state index contributed by atoms with van der Waals surface area (Å²) < 4.78 is 16.4. The van der Waals surface area contributed by atoms with Gasteiger partial charge in [-0.15, -0.1) is 0 Å². The van der Waals surface area contributed by atoms with Crippen molar-refractivity contribution in [3.8, 4) is 0 Å². The van der Waals surface area contributed by atoms with Crippen LogP contribution in [-0.2, 0) is 11.0 Å². The van der Waals surface area contributed by atoms with Gasteiger partial charge in [-0.3, -0.25) is 0 Å². The van der Waals surface area contributed by atoms with Crippen molar-refractivity contribution in [2.45, 2.75) is 25.5 Å². The van der Waals surface area contributed by atoms with E-state index < -0.39 is 11.0 Å². The fourth-order valence-electron chi connectivity index (χ4n) is 1.75. The van der Waals surface area contributed by atoms with Crippen LogP contribution in [0.15, 0.2) is 71.1 Å². The van der Waals surface area contributed by atoms with Crippen molar-refractivity contribution in [3.05, 3.63) is 77.9 Å². The highest BCUT2D eigenvalue weighted by Crippen LogP contribution is 2.15. The predicted molar refractivity (Wildman–Crippen MR) is 96.4 cm³/mol. The molecule has 0 saturated carbocycles. The van der Waals surface area contributed by atoms with Gasteiger partial charge in [0.25, 0.3) is 0 Å². The minimum atomic E-state index is -1.29. The highest BCUT2D eigenvalue weighted by Gasteiger charge is 2.19. The highest BCUT2D eigenvalue weighted by atomic mass is 32.2. The van der Waals surface area contributed by atoms with E-state index in [1.54, 1.807) is 0 Å². The molecule has 0 N–H and O–H groups in total. The first-order chi connectivity index (χ1) is 10.5. The van der Waals surface area contributed by atoms with Crippen LogP contribution in [0.4, 0.5) is 0 Å². The van der Waals surface area contributed by atoms with Crippen LogP contribution in [0, 0.1) is 0 Å². The Morgan fingerprint density at radius 3 is 2.05 bits per heavy atom. The first-order valence-corrected chi connectivity index (χ1v) is 8.37. The Hall–Kier alpha value is -2.00. The second-order valence-corrected chi connectivity index (χ2v) is 7.85. The Kier molecular flexibility index (Phi) is 5.45. The van der Waals surface area contributed by atoms with Crippen molar-refractivity contribution >= 4 is 22.8 Å². The lowest BCUT2D eigenvalue weighted by Gasteiger charge is -2.14. The summed E-state index contributed by atoms with van der Waals surface area (Å²) in [6.45, 7) is 5.78. The summed E-state index contributed by atoms with van der Waals surface area (Å²) in [4.78, 5) is 0. The molecule has 22 heavy (non-hydrogen) atoms. The van der Waals surface area contributed by atoms with Gasteiger partial charge < -0.3 is 0 Å². The molecule has 114 valence electrons. The lowest BCUT2D eigenvalue weighted by atomic mass is 10.1. The predicted octanol–water partition coefficient (Wildman–Crippen LogP) is 4.65. The molecule has 0 bridgehead atoms. The smallest absolute Gasteiger partial charge is 0.145 e. The van der Waals surface area contributed by atoms with Crippen LogP contribution in [0.5, 0.6) is 0 Å². The molecule has 2 aromatic rings. The van der Waals surface area contributed by atoms with Gasteiger partial charge in [0.2, 0.25) is 0 Å². The van der Waals surface area contributed by atoms with E-state index in [0.29, 0.717) is 0 Å².